The van der Waals surface area contributed by atoms with Crippen LogP contribution < -0.4 is 0 Å². The van der Waals surface area contributed by atoms with Crippen LogP contribution in [-0.2, 0) is 9.53 Å². The maximum Gasteiger partial charge on any atom is 0.345 e. The Morgan fingerprint density at radius 2 is 1.75 bits per heavy atom. The molecule has 3 aromatic rings. The molecule has 1 saturated carbocycles. The van der Waals surface area contributed by atoms with E-state index in [1.807, 2.05) is 6.08 Å². The Bertz CT molecular complexity index is 1540. The second-order valence-corrected chi connectivity index (χ2v) is 9.87. The van der Waals surface area contributed by atoms with E-state index in [4.69, 9.17) is 16.3 Å². The molecular formula is C29H22ClF2N3O5. The van der Waals surface area contributed by atoms with Crippen LogP contribution in [0.5, 0.6) is 0 Å². The van der Waals surface area contributed by atoms with Crippen LogP contribution in [0, 0.1) is 27.7 Å². The summed E-state index contributed by atoms with van der Waals surface area (Å²) < 4.78 is 32.3. The Hall–Kier alpha value is -4.44. The second kappa shape index (κ2) is 11.4. The number of rotatable bonds is 6. The molecule has 0 saturated heterocycles. The van der Waals surface area contributed by atoms with E-state index in [1.165, 1.54) is 35.3 Å². The van der Waals surface area contributed by atoms with Crippen molar-refractivity contribution in [1.82, 2.24) is 5.01 Å². The van der Waals surface area contributed by atoms with Crippen molar-refractivity contribution >= 4 is 41.0 Å². The number of fused-ring (bicyclic) bond motifs is 1. The molecule has 1 aliphatic heterocycles. The number of hydrogen-bond donors (Lipinski definition) is 0. The van der Waals surface area contributed by atoms with E-state index in [-0.39, 0.29) is 22.3 Å². The molecule has 0 N–H and O–H groups in total. The van der Waals surface area contributed by atoms with Crippen LogP contribution in [0.2, 0.25) is 5.02 Å². The van der Waals surface area contributed by atoms with Gasteiger partial charge in [-0.15, -0.1) is 0 Å². The molecule has 40 heavy (non-hydrogen) atoms. The number of allylic oxidation sites excluding steroid dienone is 1. The fraction of sp³-hybridized carbons (Fsp3) is 0.207. The molecule has 1 amide bonds. The lowest BCUT2D eigenvalue weighted by Crippen LogP contribution is -2.34. The van der Waals surface area contributed by atoms with Crippen LogP contribution in [0.1, 0.15) is 46.8 Å². The SMILES string of the molecule is O=C(OCC(=O)N1N=C2C(=Cc3ccc(F)cc3)CCCC2C1c1ccc(F)cc1)c1cc(Cl)ccc1[N+](=O)[O-]. The summed E-state index contributed by atoms with van der Waals surface area (Å²) in [6.07, 6.45) is 4.11. The minimum absolute atomic E-state index is 0.0933. The highest BCUT2D eigenvalue weighted by Gasteiger charge is 2.44. The smallest absolute Gasteiger partial charge is 0.345 e. The Labute approximate surface area is 232 Å². The van der Waals surface area contributed by atoms with Crippen LogP contribution in [0.4, 0.5) is 14.5 Å². The molecular weight excluding hydrogens is 544 g/mol. The summed E-state index contributed by atoms with van der Waals surface area (Å²) in [5, 5.41) is 17.3. The Balaban J connectivity index is 1.44. The van der Waals surface area contributed by atoms with Gasteiger partial charge in [-0.25, -0.2) is 18.6 Å². The first-order valence-corrected chi connectivity index (χ1v) is 12.8. The summed E-state index contributed by atoms with van der Waals surface area (Å²) in [6.45, 7) is -0.735. The lowest BCUT2D eigenvalue weighted by molar-refractivity contribution is -0.385. The highest BCUT2D eigenvalue weighted by atomic mass is 35.5. The predicted octanol–water partition coefficient (Wildman–Crippen LogP) is 6.51. The van der Waals surface area contributed by atoms with Gasteiger partial charge in [-0.1, -0.05) is 35.9 Å². The van der Waals surface area contributed by atoms with E-state index in [0.717, 1.165) is 29.7 Å². The average molecular weight is 566 g/mol. The lowest BCUT2D eigenvalue weighted by atomic mass is 9.77. The van der Waals surface area contributed by atoms with Gasteiger partial charge in [-0.05, 0) is 78.4 Å². The first-order chi connectivity index (χ1) is 19.2. The van der Waals surface area contributed by atoms with Crippen LogP contribution in [-0.4, -0.2) is 34.1 Å². The van der Waals surface area contributed by atoms with Gasteiger partial charge in [0.05, 0.1) is 16.7 Å². The van der Waals surface area contributed by atoms with E-state index < -0.39 is 41.0 Å². The Morgan fingerprint density at radius 3 is 2.42 bits per heavy atom. The number of carbonyl (C=O) groups excluding carboxylic acids is 2. The molecule has 1 aliphatic carbocycles. The van der Waals surface area contributed by atoms with Crippen molar-refractivity contribution in [3.05, 3.63) is 116 Å². The molecule has 8 nitrogen and oxygen atoms in total. The molecule has 11 heteroatoms. The van der Waals surface area contributed by atoms with Gasteiger partial charge >= 0.3 is 5.97 Å². The molecule has 1 fully saturated rings. The molecule has 0 spiro atoms. The Kier molecular flexibility index (Phi) is 7.70. The standard InChI is InChI=1S/C29H22ClF2N3O5/c30-20-8-13-25(35(38)39)24(15-20)29(37)40-16-26(36)34-28(18-6-11-22(32)12-7-18)23-3-1-2-19(27(23)33-34)14-17-4-9-21(31)10-5-17/h4-15,23,28H,1-3,16H2. The van der Waals surface area contributed by atoms with Crippen molar-refractivity contribution in [2.24, 2.45) is 11.0 Å². The minimum Gasteiger partial charge on any atom is -0.452 e. The van der Waals surface area contributed by atoms with Crippen molar-refractivity contribution in [1.29, 1.82) is 0 Å². The van der Waals surface area contributed by atoms with Crippen LogP contribution in [0.3, 0.4) is 0 Å². The molecule has 204 valence electrons. The lowest BCUT2D eigenvalue weighted by Gasteiger charge is -2.29. The third-order valence-electron chi connectivity index (χ3n) is 6.88. The van der Waals surface area contributed by atoms with Gasteiger partial charge in [0.15, 0.2) is 6.61 Å². The first kappa shape index (κ1) is 27.1. The number of benzene rings is 3. The molecule has 2 atom stereocenters. The number of hydrogen-bond acceptors (Lipinski definition) is 6. The van der Waals surface area contributed by atoms with E-state index in [9.17, 15) is 28.5 Å². The van der Waals surface area contributed by atoms with E-state index in [2.05, 4.69) is 5.10 Å². The quantitative estimate of drug-likeness (QED) is 0.193. The third kappa shape index (κ3) is 5.62. The maximum absolute atomic E-state index is 13.7. The van der Waals surface area contributed by atoms with Gasteiger partial charge < -0.3 is 4.74 Å². The van der Waals surface area contributed by atoms with Gasteiger partial charge in [0, 0.05) is 17.0 Å². The van der Waals surface area contributed by atoms with Crippen molar-refractivity contribution in [2.75, 3.05) is 6.61 Å². The summed E-state index contributed by atoms with van der Waals surface area (Å²) >= 11 is 5.91. The van der Waals surface area contributed by atoms with E-state index in [0.29, 0.717) is 24.1 Å². The zero-order valence-electron chi connectivity index (χ0n) is 20.9. The fourth-order valence-electron chi connectivity index (χ4n) is 5.06. The summed E-state index contributed by atoms with van der Waals surface area (Å²) in [5.74, 6) is -2.73. The number of hydrazone groups is 1. The summed E-state index contributed by atoms with van der Waals surface area (Å²) in [6, 6.07) is 14.6. The van der Waals surface area contributed by atoms with Gasteiger partial charge in [-0.3, -0.25) is 14.9 Å². The van der Waals surface area contributed by atoms with E-state index in [1.54, 1.807) is 24.3 Å². The zero-order chi connectivity index (χ0) is 28.4. The number of nitrogens with zero attached hydrogens (tertiary/aromatic N) is 3. The van der Waals surface area contributed by atoms with Gasteiger partial charge in [0.1, 0.15) is 17.2 Å². The summed E-state index contributed by atoms with van der Waals surface area (Å²) in [5.41, 5.74) is 2.10. The number of ether oxygens (including phenoxy) is 1. The average Bonchev–Trinajstić information content (AvgIpc) is 3.34. The van der Waals surface area contributed by atoms with Gasteiger partial charge in [-0.2, -0.15) is 5.10 Å². The van der Waals surface area contributed by atoms with Crippen molar-refractivity contribution in [3.63, 3.8) is 0 Å². The normalized spacial score (nSPS) is 19.2. The zero-order valence-corrected chi connectivity index (χ0v) is 21.7. The first-order valence-electron chi connectivity index (χ1n) is 12.4. The maximum atomic E-state index is 13.7. The van der Waals surface area contributed by atoms with E-state index >= 15 is 0 Å². The number of halogens is 3. The number of nitro groups is 1. The van der Waals surface area contributed by atoms with Crippen LogP contribution in [0.15, 0.2) is 77.4 Å². The predicted molar refractivity (Wildman–Crippen MR) is 144 cm³/mol. The second-order valence-electron chi connectivity index (χ2n) is 9.43. The van der Waals surface area contributed by atoms with Gasteiger partial charge in [0.25, 0.3) is 11.6 Å². The monoisotopic (exact) mass is 565 g/mol. The largest absolute Gasteiger partial charge is 0.452 e. The summed E-state index contributed by atoms with van der Waals surface area (Å²) in [4.78, 5) is 36.7. The molecule has 0 radical (unpaired) electrons. The molecule has 5 rings (SSSR count). The third-order valence-corrected chi connectivity index (χ3v) is 7.12. The molecule has 0 aromatic heterocycles. The number of esters is 1. The van der Waals surface area contributed by atoms with Crippen molar-refractivity contribution < 1.29 is 28.0 Å². The van der Waals surface area contributed by atoms with Crippen LogP contribution in [0.25, 0.3) is 6.08 Å². The number of amides is 1. The van der Waals surface area contributed by atoms with Gasteiger partial charge in [0.2, 0.25) is 0 Å². The van der Waals surface area contributed by atoms with Crippen LogP contribution >= 0.6 is 11.6 Å². The number of nitro benzene ring substituents is 1. The van der Waals surface area contributed by atoms with Crippen molar-refractivity contribution in [2.45, 2.75) is 25.3 Å². The molecule has 3 aromatic carbocycles. The molecule has 1 heterocycles. The molecule has 0 bridgehead atoms. The molecule has 2 aliphatic rings. The fourth-order valence-corrected chi connectivity index (χ4v) is 5.23. The Morgan fingerprint density at radius 1 is 1.07 bits per heavy atom. The topological polar surface area (TPSA) is 102 Å². The minimum atomic E-state index is -1.08. The number of carbonyl (C=O) groups is 2. The summed E-state index contributed by atoms with van der Waals surface area (Å²) in [7, 11) is 0. The highest BCUT2D eigenvalue weighted by Crippen LogP contribution is 2.44. The highest BCUT2D eigenvalue weighted by molar-refractivity contribution is 6.31. The van der Waals surface area contributed by atoms with Crippen molar-refractivity contribution in [3.8, 4) is 0 Å². The molecule has 2 unspecified atom stereocenters.